The highest BCUT2D eigenvalue weighted by molar-refractivity contribution is 5.69. The Morgan fingerprint density at radius 1 is 1.03 bits per heavy atom. The summed E-state index contributed by atoms with van der Waals surface area (Å²) in [4.78, 5) is 35.0. The molecule has 1 aromatic heterocycles. The van der Waals surface area contributed by atoms with E-state index >= 15 is 0 Å². The van der Waals surface area contributed by atoms with E-state index in [4.69, 9.17) is 18.9 Å². The summed E-state index contributed by atoms with van der Waals surface area (Å²) >= 11 is 0. The van der Waals surface area contributed by atoms with Gasteiger partial charge >= 0.3 is 12.1 Å². The van der Waals surface area contributed by atoms with Gasteiger partial charge in [-0.25, -0.2) is 4.79 Å². The van der Waals surface area contributed by atoms with Gasteiger partial charge in [0.2, 0.25) is 11.8 Å². The number of non-ortho nitro benzene ring substituents is 1. The SMILES string of the molecule is COc1cc(OC)nc(Oc2cc([N+](=O)[O-])ccc2N2CCN(C(=O)OC(C)(C)C)CC2)n1. The average Bonchev–Trinajstić information content (AvgIpc) is 2.77. The van der Waals surface area contributed by atoms with E-state index in [9.17, 15) is 14.9 Å². The van der Waals surface area contributed by atoms with E-state index in [0.717, 1.165) is 0 Å². The minimum atomic E-state index is -0.578. The van der Waals surface area contributed by atoms with Crippen molar-refractivity contribution in [2.24, 2.45) is 0 Å². The van der Waals surface area contributed by atoms with Crippen LogP contribution >= 0.6 is 0 Å². The van der Waals surface area contributed by atoms with Crippen LogP contribution < -0.4 is 19.1 Å². The number of hydrogen-bond acceptors (Lipinski definition) is 10. The quantitative estimate of drug-likeness (QED) is 0.467. The van der Waals surface area contributed by atoms with Crippen LogP contribution in [0.4, 0.5) is 16.2 Å². The molecule has 0 N–H and O–H groups in total. The molecule has 0 saturated carbocycles. The zero-order valence-corrected chi connectivity index (χ0v) is 19.2. The number of nitrogens with zero attached hydrogens (tertiary/aromatic N) is 5. The Kier molecular flexibility index (Phi) is 7.04. The van der Waals surface area contributed by atoms with Crippen LogP contribution in [0.1, 0.15) is 20.8 Å². The first-order chi connectivity index (χ1) is 15.6. The number of piperazine rings is 1. The molecule has 1 fully saturated rings. The van der Waals surface area contributed by atoms with Gasteiger partial charge in [-0.1, -0.05) is 0 Å². The lowest BCUT2D eigenvalue weighted by Gasteiger charge is -2.37. The van der Waals surface area contributed by atoms with Gasteiger partial charge in [0.1, 0.15) is 5.60 Å². The molecule has 0 unspecified atom stereocenters. The number of methoxy groups -OCH3 is 2. The fourth-order valence-electron chi connectivity index (χ4n) is 3.15. The molecule has 3 rings (SSSR count). The maximum atomic E-state index is 12.4. The molecule has 33 heavy (non-hydrogen) atoms. The monoisotopic (exact) mass is 461 g/mol. The second-order valence-corrected chi connectivity index (χ2v) is 8.20. The topological polar surface area (TPSA) is 129 Å². The number of ether oxygens (including phenoxy) is 4. The Balaban J connectivity index is 1.84. The maximum absolute atomic E-state index is 12.4. The second kappa shape index (κ2) is 9.76. The molecule has 0 bridgehead atoms. The van der Waals surface area contributed by atoms with Crippen LogP contribution in [0.15, 0.2) is 24.3 Å². The standard InChI is InChI=1S/C21H27N5O7/c1-21(2,3)33-20(27)25-10-8-24(9-11-25)15-7-6-14(26(28)29)12-16(15)32-19-22-17(30-4)13-18(23-19)31-5/h6-7,12-13H,8-11H2,1-5H3. The van der Waals surface area contributed by atoms with E-state index in [-0.39, 0.29) is 35.3 Å². The zero-order chi connectivity index (χ0) is 24.2. The minimum Gasteiger partial charge on any atom is -0.481 e. The Morgan fingerprint density at radius 2 is 1.64 bits per heavy atom. The number of aromatic nitrogens is 2. The summed E-state index contributed by atoms with van der Waals surface area (Å²) in [6.07, 6.45) is -0.376. The number of nitro benzene ring substituents is 1. The summed E-state index contributed by atoms with van der Waals surface area (Å²) < 4.78 is 21.5. The highest BCUT2D eigenvalue weighted by atomic mass is 16.6. The Hall–Kier alpha value is -3.83. The molecule has 1 amide bonds. The van der Waals surface area contributed by atoms with Gasteiger partial charge in [-0.2, -0.15) is 9.97 Å². The van der Waals surface area contributed by atoms with Crippen molar-refractivity contribution in [2.75, 3.05) is 45.3 Å². The first-order valence-electron chi connectivity index (χ1n) is 10.3. The van der Waals surface area contributed by atoms with E-state index in [1.807, 2.05) is 25.7 Å². The Labute approximate surface area is 191 Å². The third-order valence-corrected chi connectivity index (χ3v) is 4.70. The van der Waals surface area contributed by atoms with Crippen molar-refractivity contribution in [3.63, 3.8) is 0 Å². The number of benzene rings is 1. The minimum absolute atomic E-state index is 0.0830. The van der Waals surface area contributed by atoms with Crippen LogP contribution in [-0.4, -0.2) is 71.9 Å². The van der Waals surface area contributed by atoms with Gasteiger partial charge in [-0.15, -0.1) is 0 Å². The highest BCUT2D eigenvalue weighted by Gasteiger charge is 2.28. The third kappa shape index (κ3) is 6.11. The lowest BCUT2D eigenvalue weighted by atomic mass is 10.2. The lowest BCUT2D eigenvalue weighted by Crippen LogP contribution is -2.50. The molecule has 1 aliphatic rings. The van der Waals surface area contributed by atoms with Gasteiger partial charge in [-0.3, -0.25) is 10.1 Å². The van der Waals surface area contributed by atoms with Crippen LogP contribution in [-0.2, 0) is 4.74 Å². The Morgan fingerprint density at radius 3 is 2.15 bits per heavy atom. The molecule has 12 nitrogen and oxygen atoms in total. The lowest BCUT2D eigenvalue weighted by molar-refractivity contribution is -0.384. The van der Waals surface area contributed by atoms with Crippen molar-refractivity contribution < 1.29 is 28.7 Å². The van der Waals surface area contributed by atoms with Crippen LogP contribution in [0.2, 0.25) is 0 Å². The van der Waals surface area contributed by atoms with Crippen molar-refractivity contribution in [1.29, 1.82) is 0 Å². The van der Waals surface area contributed by atoms with Crippen molar-refractivity contribution in [3.05, 3.63) is 34.4 Å². The largest absolute Gasteiger partial charge is 0.481 e. The molecular formula is C21H27N5O7. The van der Waals surface area contributed by atoms with Crippen LogP contribution in [0.3, 0.4) is 0 Å². The number of nitro groups is 1. The predicted molar refractivity (Wildman–Crippen MR) is 118 cm³/mol. The summed E-state index contributed by atoms with van der Waals surface area (Å²) in [6.45, 7) is 7.26. The molecule has 0 aliphatic carbocycles. The molecule has 1 aliphatic heterocycles. The summed E-state index contributed by atoms with van der Waals surface area (Å²) in [5.41, 5.74) is -0.114. The maximum Gasteiger partial charge on any atom is 0.410 e. The molecular weight excluding hydrogens is 434 g/mol. The number of hydrogen-bond donors (Lipinski definition) is 0. The van der Waals surface area contributed by atoms with Gasteiger partial charge in [0.05, 0.1) is 37.0 Å². The van der Waals surface area contributed by atoms with Crippen LogP contribution in [0.25, 0.3) is 0 Å². The highest BCUT2D eigenvalue weighted by Crippen LogP contribution is 2.36. The number of amides is 1. The van der Waals surface area contributed by atoms with Crippen LogP contribution in [0.5, 0.6) is 23.5 Å². The van der Waals surface area contributed by atoms with E-state index in [1.54, 1.807) is 11.0 Å². The van der Waals surface area contributed by atoms with Gasteiger partial charge in [-0.05, 0) is 26.8 Å². The molecule has 1 saturated heterocycles. The molecule has 0 spiro atoms. The van der Waals surface area contributed by atoms with Gasteiger partial charge in [0, 0.05) is 32.2 Å². The molecule has 1 aromatic carbocycles. The third-order valence-electron chi connectivity index (χ3n) is 4.70. The van der Waals surface area contributed by atoms with Crippen molar-refractivity contribution in [3.8, 4) is 23.5 Å². The summed E-state index contributed by atoms with van der Waals surface area (Å²) in [6, 6.07) is 5.71. The summed E-state index contributed by atoms with van der Waals surface area (Å²) in [5, 5.41) is 11.3. The first kappa shape index (κ1) is 23.8. The number of rotatable bonds is 6. The van der Waals surface area contributed by atoms with E-state index in [0.29, 0.717) is 31.9 Å². The van der Waals surface area contributed by atoms with E-state index < -0.39 is 10.5 Å². The van der Waals surface area contributed by atoms with Gasteiger partial charge in [0.25, 0.3) is 5.69 Å². The summed E-state index contributed by atoms with van der Waals surface area (Å²) in [5.74, 6) is 0.634. The van der Waals surface area contributed by atoms with Gasteiger partial charge in [0.15, 0.2) is 5.75 Å². The van der Waals surface area contributed by atoms with Crippen LogP contribution in [0, 0.1) is 10.1 Å². The van der Waals surface area contributed by atoms with E-state index in [1.165, 1.54) is 32.4 Å². The fraction of sp³-hybridized carbons (Fsp3) is 0.476. The number of carbonyl (C=O) groups is 1. The molecule has 12 heteroatoms. The second-order valence-electron chi connectivity index (χ2n) is 8.20. The molecule has 2 heterocycles. The molecule has 0 radical (unpaired) electrons. The average molecular weight is 461 g/mol. The molecule has 2 aromatic rings. The Bertz CT molecular complexity index is 994. The normalized spacial score (nSPS) is 14.0. The van der Waals surface area contributed by atoms with Crippen molar-refractivity contribution >= 4 is 17.5 Å². The zero-order valence-electron chi connectivity index (χ0n) is 19.2. The molecule has 0 atom stereocenters. The van der Waals surface area contributed by atoms with Crippen molar-refractivity contribution in [2.45, 2.75) is 26.4 Å². The predicted octanol–water partition coefficient (Wildman–Crippen LogP) is 3.25. The first-order valence-corrected chi connectivity index (χ1v) is 10.3. The smallest absolute Gasteiger partial charge is 0.410 e. The number of carbonyl (C=O) groups excluding carboxylic acids is 1. The number of anilines is 1. The van der Waals surface area contributed by atoms with Crippen molar-refractivity contribution in [1.82, 2.24) is 14.9 Å². The summed E-state index contributed by atoms with van der Waals surface area (Å²) in [7, 11) is 2.88. The fourth-order valence-corrected chi connectivity index (χ4v) is 3.15. The van der Waals surface area contributed by atoms with E-state index in [2.05, 4.69) is 9.97 Å². The van der Waals surface area contributed by atoms with Gasteiger partial charge < -0.3 is 28.7 Å². The molecule has 178 valence electrons.